The number of aliphatic hydroxyl groups is 1. The van der Waals surface area contributed by atoms with Crippen molar-refractivity contribution in [3.05, 3.63) is 22.4 Å². The summed E-state index contributed by atoms with van der Waals surface area (Å²) in [5, 5.41) is 19.2. The number of ether oxygens (including phenoxy) is 1. The fourth-order valence-electron chi connectivity index (χ4n) is 3.46. The molecule has 0 radical (unpaired) electrons. The summed E-state index contributed by atoms with van der Waals surface area (Å²) in [7, 11) is 0. The van der Waals surface area contributed by atoms with Crippen LogP contribution in [0.2, 0.25) is 0 Å². The van der Waals surface area contributed by atoms with E-state index in [4.69, 9.17) is 4.74 Å². The molecule has 0 aromatic carbocycles. The van der Waals surface area contributed by atoms with Gasteiger partial charge in [0.05, 0.1) is 19.3 Å². The van der Waals surface area contributed by atoms with Crippen molar-refractivity contribution in [3.63, 3.8) is 0 Å². The predicted octanol–water partition coefficient (Wildman–Crippen LogP) is 1.37. The van der Waals surface area contributed by atoms with Gasteiger partial charge in [-0.2, -0.15) is 0 Å². The molecule has 1 aromatic rings. The maximum absolute atomic E-state index is 10.6. The summed E-state index contributed by atoms with van der Waals surface area (Å²) in [5.74, 6) is 0.728. The monoisotopic (exact) mass is 366 g/mol. The van der Waals surface area contributed by atoms with Crippen molar-refractivity contribution in [1.29, 1.82) is 0 Å². The molecule has 6 nitrogen and oxygen atoms in total. The van der Waals surface area contributed by atoms with Gasteiger partial charge >= 0.3 is 0 Å². The predicted molar refractivity (Wildman–Crippen MR) is 102 cm³/mol. The van der Waals surface area contributed by atoms with Crippen molar-refractivity contribution in [2.75, 3.05) is 39.3 Å². The van der Waals surface area contributed by atoms with E-state index >= 15 is 0 Å². The largest absolute Gasteiger partial charge is 0.383 e. The number of thiophene rings is 1. The molecular weight excluding hydrogens is 336 g/mol. The molecule has 7 heteroatoms. The molecule has 0 amide bonds. The van der Waals surface area contributed by atoms with Gasteiger partial charge < -0.3 is 20.5 Å². The molecule has 1 aromatic heterocycles. The molecule has 2 fully saturated rings. The van der Waals surface area contributed by atoms with Crippen LogP contribution >= 0.6 is 11.3 Å². The molecule has 2 aliphatic heterocycles. The summed E-state index contributed by atoms with van der Waals surface area (Å²) in [6.45, 7) is 8.72. The normalized spacial score (nSPS) is 26.9. The van der Waals surface area contributed by atoms with Gasteiger partial charge in [-0.3, -0.25) is 4.90 Å². The fraction of sp³-hybridized carbons (Fsp3) is 0.722. The molecule has 3 heterocycles. The van der Waals surface area contributed by atoms with Crippen molar-refractivity contribution in [3.8, 4) is 0 Å². The first-order chi connectivity index (χ1) is 12.1. The number of rotatable bonds is 6. The van der Waals surface area contributed by atoms with Crippen molar-refractivity contribution < 1.29 is 9.84 Å². The van der Waals surface area contributed by atoms with Crippen LogP contribution in [0.5, 0.6) is 0 Å². The average Bonchev–Trinajstić information content (AvgIpc) is 3.28. The third kappa shape index (κ3) is 4.94. The summed E-state index contributed by atoms with van der Waals surface area (Å²) in [6, 6.07) is 4.52. The molecule has 2 aliphatic rings. The van der Waals surface area contributed by atoms with E-state index in [9.17, 15) is 5.11 Å². The summed E-state index contributed by atoms with van der Waals surface area (Å²) in [4.78, 5) is 8.05. The van der Waals surface area contributed by atoms with Gasteiger partial charge in [-0.25, -0.2) is 4.99 Å². The van der Waals surface area contributed by atoms with E-state index in [1.165, 1.54) is 19.4 Å². The highest BCUT2D eigenvalue weighted by Crippen LogP contribution is 2.25. The Bertz CT molecular complexity index is 561. The Balaban J connectivity index is 1.52. The number of morpholine rings is 1. The first-order valence-corrected chi connectivity index (χ1v) is 10.1. The molecule has 0 bridgehead atoms. The Kier molecular flexibility index (Phi) is 6.33. The van der Waals surface area contributed by atoms with Gasteiger partial charge in [0.15, 0.2) is 5.96 Å². The number of hydrogen-bond acceptors (Lipinski definition) is 5. The Morgan fingerprint density at radius 1 is 1.52 bits per heavy atom. The van der Waals surface area contributed by atoms with Gasteiger partial charge in [-0.15, -0.1) is 11.3 Å². The van der Waals surface area contributed by atoms with Crippen LogP contribution in [0.3, 0.4) is 0 Å². The minimum absolute atomic E-state index is 0.191. The van der Waals surface area contributed by atoms with Crippen LogP contribution in [0.1, 0.15) is 31.6 Å². The van der Waals surface area contributed by atoms with E-state index in [1.807, 2.05) is 31.4 Å². The molecular formula is C18H30N4O2S. The van der Waals surface area contributed by atoms with Gasteiger partial charge in [0, 0.05) is 30.6 Å². The van der Waals surface area contributed by atoms with Crippen LogP contribution < -0.4 is 10.6 Å². The molecule has 3 rings (SSSR count). The van der Waals surface area contributed by atoms with Crippen LogP contribution in [-0.2, 0) is 10.3 Å². The van der Waals surface area contributed by atoms with E-state index in [1.54, 1.807) is 11.3 Å². The summed E-state index contributed by atoms with van der Waals surface area (Å²) >= 11 is 1.55. The maximum atomic E-state index is 10.6. The minimum Gasteiger partial charge on any atom is -0.383 e. The zero-order chi connectivity index (χ0) is 17.7. The Morgan fingerprint density at radius 2 is 2.40 bits per heavy atom. The van der Waals surface area contributed by atoms with Crippen LogP contribution in [0.4, 0.5) is 0 Å². The maximum Gasteiger partial charge on any atom is 0.191 e. The Labute approximate surface area is 154 Å². The summed E-state index contributed by atoms with van der Waals surface area (Å²) in [6.07, 6.45) is 2.74. The fourth-order valence-corrected chi connectivity index (χ4v) is 4.24. The zero-order valence-corrected chi connectivity index (χ0v) is 16.0. The second kappa shape index (κ2) is 8.49. The molecule has 3 unspecified atom stereocenters. The van der Waals surface area contributed by atoms with Crippen LogP contribution in [0.15, 0.2) is 22.5 Å². The minimum atomic E-state index is -0.944. The number of nitrogens with one attached hydrogen (secondary N) is 2. The first kappa shape index (κ1) is 18.6. The molecule has 0 aliphatic carbocycles. The average molecular weight is 367 g/mol. The lowest BCUT2D eigenvalue weighted by Gasteiger charge is -2.35. The van der Waals surface area contributed by atoms with Gasteiger partial charge in [0.1, 0.15) is 5.60 Å². The van der Waals surface area contributed by atoms with Crippen LogP contribution in [-0.4, -0.2) is 67.4 Å². The lowest BCUT2D eigenvalue weighted by atomic mass is 10.1. The van der Waals surface area contributed by atoms with E-state index < -0.39 is 5.60 Å². The van der Waals surface area contributed by atoms with Crippen molar-refractivity contribution in [2.45, 2.75) is 44.4 Å². The van der Waals surface area contributed by atoms with Crippen LogP contribution in [0.25, 0.3) is 0 Å². The van der Waals surface area contributed by atoms with Gasteiger partial charge in [0.2, 0.25) is 0 Å². The van der Waals surface area contributed by atoms with Crippen LogP contribution in [0, 0.1) is 0 Å². The number of fused-ring (bicyclic) bond motifs is 1. The van der Waals surface area contributed by atoms with Gasteiger partial charge in [-0.1, -0.05) is 6.07 Å². The number of hydrogen-bond donors (Lipinski definition) is 3. The van der Waals surface area contributed by atoms with E-state index in [-0.39, 0.29) is 6.10 Å². The van der Waals surface area contributed by atoms with E-state index in [2.05, 4.69) is 20.5 Å². The Morgan fingerprint density at radius 3 is 3.16 bits per heavy atom. The molecule has 0 saturated carbocycles. The number of aliphatic imine (C=N–C) groups is 1. The van der Waals surface area contributed by atoms with E-state index in [0.717, 1.165) is 37.1 Å². The standard InChI is InChI=1S/C18H30N4O2S/c1-3-19-17(21-13-18(2,23)16-7-5-9-25-16)20-10-15-11-22-8-4-6-14(22)12-24-15/h5,7,9,14-15,23H,3-4,6,8,10-13H2,1-2H3,(H2,19,20,21). The third-order valence-corrected chi connectivity index (χ3v) is 6.02. The summed E-state index contributed by atoms with van der Waals surface area (Å²) < 4.78 is 5.99. The molecule has 3 N–H and O–H groups in total. The molecule has 2 saturated heterocycles. The Hall–Kier alpha value is -1.15. The second-order valence-corrected chi connectivity index (χ2v) is 8.02. The molecule has 3 atom stereocenters. The highest BCUT2D eigenvalue weighted by atomic mass is 32.1. The lowest BCUT2D eigenvalue weighted by molar-refractivity contribution is -0.0453. The molecule has 140 valence electrons. The lowest BCUT2D eigenvalue weighted by Crippen LogP contribution is -2.51. The molecule has 0 spiro atoms. The zero-order valence-electron chi connectivity index (χ0n) is 15.2. The SMILES string of the molecule is CCNC(=NCC(C)(O)c1cccs1)NCC1CN2CCCC2CO1. The highest BCUT2D eigenvalue weighted by molar-refractivity contribution is 7.10. The molecule has 25 heavy (non-hydrogen) atoms. The highest BCUT2D eigenvalue weighted by Gasteiger charge is 2.32. The number of guanidine groups is 1. The van der Waals surface area contributed by atoms with E-state index in [0.29, 0.717) is 12.6 Å². The topological polar surface area (TPSA) is 69.1 Å². The third-order valence-electron chi connectivity index (χ3n) is 4.90. The first-order valence-electron chi connectivity index (χ1n) is 9.22. The summed E-state index contributed by atoms with van der Waals surface area (Å²) in [5.41, 5.74) is -0.944. The van der Waals surface area contributed by atoms with Crippen molar-refractivity contribution in [2.24, 2.45) is 4.99 Å². The van der Waals surface area contributed by atoms with Crippen molar-refractivity contribution >= 4 is 17.3 Å². The number of nitrogens with zero attached hydrogens (tertiary/aromatic N) is 2. The van der Waals surface area contributed by atoms with Gasteiger partial charge in [-0.05, 0) is 44.7 Å². The quantitative estimate of drug-likeness (QED) is 0.524. The smallest absolute Gasteiger partial charge is 0.191 e. The van der Waals surface area contributed by atoms with Gasteiger partial charge in [0.25, 0.3) is 0 Å². The second-order valence-electron chi connectivity index (χ2n) is 7.07. The van der Waals surface area contributed by atoms with Crippen molar-refractivity contribution in [1.82, 2.24) is 15.5 Å².